The van der Waals surface area contributed by atoms with Crippen molar-refractivity contribution in [2.45, 2.75) is 12.2 Å². The number of nitrogens with one attached hydrogen (secondary N) is 1. The molecule has 2 heterocycles. The zero-order valence-corrected chi connectivity index (χ0v) is 11.8. The third-order valence-corrected chi connectivity index (χ3v) is 3.44. The number of ether oxygens (including phenoxy) is 2. The highest BCUT2D eigenvalue weighted by atomic mass is 19.1. The molecule has 22 heavy (non-hydrogen) atoms. The zero-order chi connectivity index (χ0) is 15.4. The number of benzene rings is 1. The van der Waals surface area contributed by atoms with Crippen LogP contribution in [0.3, 0.4) is 0 Å². The van der Waals surface area contributed by atoms with Crippen molar-refractivity contribution in [1.82, 2.24) is 10.3 Å². The van der Waals surface area contributed by atoms with Gasteiger partial charge in [-0.1, -0.05) is 12.1 Å². The van der Waals surface area contributed by atoms with E-state index >= 15 is 0 Å². The molecule has 116 valence electrons. The summed E-state index contributed by atoms with van der Waals surface area (Å²) in [6.07, 6.45) is 0.544. The summed E-state index contributed by atoms with van der Waals surface area (Å²) in [7, 11) is 0. The first kappa shape index (κ1) is 14.9. The number of aromatic nitrogens is 1. The maximum Gasteiger partial charge on any atom is 0.191 e. The highest BCUT2D eigenvalue weighted by molar-refractivity contribution is 5.27. The molecule has 1 aromatic heterocycles. The number of rotatable bonds is 4. The molecule has 1 fully saturated rings. The van der Waals surface area contributed by atoms with Crippen molar-refractivity contribution in [2.75, 3.05) is 19.7 Å². The van der Waals surface area contributed by atoms with Gasteiger partial charge in [0.15, 0.2) is 23.5 Å². The minimum absolute atomic E-state index is 0.373. The number of hydrogen-bond donors (Lipinski definition) is 1. The lowest BCUT2D eigenvalue weighted by Crippen LogP contribution is -2.43. The van der Waals surface area contributed by atoms with Crippen molar-refractivity contribution in [3.63, 3.8) is 0 Å². The highest BCUT2D eigenvalue weighted by Gasteiger charge is 2.30. The molecule has 6 heteroatoms. The largest absolute Gasteiger partial charge is 0.475 e. The van der Waals surface area contributed by atoms with E-state index in [1.165, 1.54) is 6.07 Å². The van der Waals surface area contributed by atoms with Gasteiger partial charge < -0.3 is 14.8 Å². The highest BCUT2D eigenvalue weighted by Crippen LogP contribution is 2.30. The van der Waals surface area contributed by atoms with Crippen LogP contribution in [-0.2, 0) is 4.74 Å². The number of pyridine rings is 1. The lowest BCUT2D eigenvalue weighted by molar-refractivity contribution is -0.0467. The van der Waals surface area contributed by atoms with Gasteiger partial charge in [-0.25, -0.2) is 8.78 Å². The number of halogens is 2. The van der Waals surface area contributed by atoms with Crippen molar-refractivity contribution in [1.29, 1.82) is 0 Å². The molecular formula is C16H16F2N2O2. The Morgan fingerprint density at radius 1 is 1.18 bits per heavy atom. The van der Waals surface area contributed by atoms with E-state index in [4.69, 9.17) is 9.47 Å². The van der Waals surface area contributed by atoms with Gasteiger partial charge in [-0.05, 0) is 24.3 Å². The summed E-state index contributed by atoms with van der Waals surface area (Å²) < 4.78 is 39.0. The Balaban J connectivity index is 1.91. The molecule has 0 bridgehead atoms. The number of hydrogen-bond acceptors (Lipinski definition) is 4. The molecule has 2 aromatic rings. The summed E-state index contributed by atoms with van der Waals surface area (Å²) in [4.78, 5) is 4.23. The molecule has 1 N–H and O–H groups in total. The Hall–Kier alpha value is -2.05. The van der Waals surface area contributed by atoms with Gasteiger partial charge in [0, 0.05) is 19.3 Å². The van der Waals surface area contributed by atoms with Gasteiger partial charge in [-0.3, -0.25) is 4.98 Å². The van der Waals surface area contributed by atoms with Crippen molar-refractivity contribution >= 4 is 0 Å². The van der Waals surface area contributed by atoms with Gasteiger partial charge in [0.2, 0.25) is 0 Å². The molecule has 4 nitrogen and oxygen atoms in total. The molecule has 0 spiro atoms. The van der Waals surface area contributed by atoms with Crippen LogP contribution in [0, 0.1) is 11.6 Å². The molecule has 1 aliphatic heterocycles. The van der Waals surface area contributed by atoms with Gasteiger partial charge in [-0.2, -0.15) is 0 Å². The average molecular weight is 306 g/mol. The Morgan fingerprint density at radius 2 is 2.00 bits per heavy atom. The van der Waals surface area contributed by atoms with Crippen LogP contribution >= 0.6 is 0 Å². The van der Waals surface area contributed by atoms with Crippen molar-refractivity contribution < 1.29 is 18.3 Å². The molecule has 1 unspecified atom stereocenters. The maximum absolute atomic E-state index is 13.9. The Bertz CT molecular complexity index is 599. The smallest absolute Gasteiger partial charge is 0.191 e. The summed E-state index contributed by atoms with van der Waals surface area (Å²) in [5, 5.41) is 3.18. The standard InChI is InChI=1S/C16H16F2N2O2/c17-11-4-3-5-12(18)15(11)22-16(13-6-1-2-7-20-13)14-10-19-8-9-21-14/h1-7,14,16,19H,8-10H2/t14-,16?/m1/s1. The monoisotopic (exact) mass is 306 g/mol. The number of nitrogens with zero attached hydrogens (tertiary/aromatic N) is 1. The first-order chi connectivity index (χ1) is 10.8. The van der Waals surface area contributed by atoms with Gasteiger partial charge in [0.25, 0.3) is 0 Å². The van der Waals surface area contributed by atoms with E-state index in [2.05, 4.69) is 10.3 Å². The second-order valence-electron chi connectivity index (χ2n) is 4.96. The van der Waals surface area contributed by atoms with E-state index in [1.807, 2.05) is 0 Å². The molecule has 0 amide bonds. The molecule has 1 aromatic carbocycles. The van der Waals surface area contributed by atoms with Crippen molar-refractivity contribution in [2.24, 2.45) is 0 Å². The average Bonchev–Trinajstić information content (AvgIpc) is 2.56. The van der Waals surface area contributed by atoms with Crippen LogP contribution in [0.2, 0.25) is 0 Å². The third kappa shape index (κ3) is 3.23. The molecule has 1 aliphatic rings. The summed E-state index contributed by atoms with van der Waals surface area (Å²) in [5.74, 6) is -1.90. The fourth-order valence-electron chi connectivity index (χ4n) is 2.37. The van der Waals surface area contributed by atoms with E-state index in [0.29, 0.717) is 18.8 Å². The molecular weight excluding hydrogens is 290 g/mol. The normalized spacial score (nSPS) is 19.6. The Kier molecular flexibility index (Phi) is 4.60. The summed E-state index contributed by atoms with van der Waals surface area (Å²) in [6, 6.07) is 8.94. The van der Waals surface area contributed by atoms with Gasteiger partial charge in [0.1, 0.15) is 6.10 Å². The maximum atomic E-state index is 13.9. The molecule has 3 rings (SSSR count). The Morgan fingerprint density at radius 3 is 2.64 bits per heavy atom. The minimum Gasteiger partial charge on any atom is -0.475 e. The summed E-state index contributed by atoms with van der Waals surface area (Å²) >= 11 is 0. The van der Waals surface area contributed by atoms with Crippen LogP contribution in [0.1, 0.15) is 11.8 Å². The van der Waals surface area contributed by atoms with Crippen LogP contribution < -0.4 is 10.1 Å². The van der Waals surface area contributed by atoms with Gasteiger partial charge in [-0.15, -0.1) is 0 Å². The predicted molar refractivity (Wildman–Crippen MR) is 76.6 cm³/mol. The van der Waals surface area contributed by atoms with Gasteiger partial charge >= 0.3 is 0 Å². The van der Waals surface area contributed by atoms with Crippen LogP contribution in [0.4, 0.5) is 8.78 Å². The van der Waals surface area contributed by atoms with E-state index in [0.717, 1.165) is 18.7 Å². The molecule has 1 saturated heterocycles. The SMILES string of the molecule is Fc1cccc(F)c1OC(c1ccccn1)[C@H]1CNCCO1. The zero-order valence-electron chi connectivity index (χ0n) is 11.8. The molecule has 0 radical (unpaired) electrons. The van der Waals surface area contributed by atoms with E-state index in [1.54, 1.807) is 24.4 Å². The Labute approximate surface area is 127 Å². The van der Waals surface area contributed by atoms with Gasteiger partial charge in [0.05, 0.1) is 12.3 Å². The second kappa shape index (κ2) is 6.81. The molecule has 0 aliphatic carbocycles. The molecule has 0 saturated carbocycles. The predicted octanol–water partition coefficient (Wildman–Crippen LogP) is 2.47. The summed E-state index contributed by atoms with van der Waals surface area (Å²) in [5.41, 5.74) is 0.568. The van der Waals surface area contributed by atoms with Crippen molar-refractivity contribution in [3.05, 3.63) is 59.9 Å². The second-order valence-corrected chi connectivity index (χ2v) is 4.96. The number of para-hydroxylation sites is 1. The lowest BCUT2D eigenvalue weighted by Gasteiger charge is -2.31. The van der Waals surface area contributed by atoms with E-state index < -0.39 is 23.5 Å². The van der Waals surface area contributed by atoms with E-state index in [-0.39, 0.29) is 6.10 Å². The third-order valence-electron chi connectivity index (χ3n) is 3.44. The van der Waals surface area contributed by atoms with Crippen LogP contribution in [-0.4, -0.2) is 30.8 Å². The van der Waals surface area contributed by atoms with Crippen LogP contribution in [0.5, 0.6) is 5.75 Å². The quantitative estimate of drug-likeness (QED) is 0.942. The van der Waals surface area contributed by atoms with Crippen LogP contribution in [0.25, 0.3) is 0 Å². The van der Waals surface area contributed by atoms with Crippen molar-refractivity contribution in [3.8, 4) is 5.75 Å². The fraction of sp³-hybridized carbons (Fsp3) is 0.312. The summed E-state index contributed by atoms with van der Waals surface area (Å²) in [6.45, 7) is 1.77. The number of morpholine rings is 1. The lowest BCUT2D eigenvalue weighted by atomic mass is 10.1. The molecule has 2 atom stereocenters. The first-order valence-electron chi connectivity index (χ1n) is 7.09. The minimum atomic E-state index is -0.746. The van der Waals surface area contributed by atoms with Crippen LogP contribution in [0.15, 0.2) is 42.6 Å². The first-order valence-corrected chi connectivity index (χ1v) is 7.09. The fourth-order valence-corrected chi connectivity index (χ4v) is 2.37. The topological polar surface area (TPSA) is 43.4 Å². The van der Waals surface area contributed by atoms with E-state index in [9.17, 15) is 8.78 Å².